The molecule has 2 aromatic rings. The maximum atomic E-state index is 10.3. The number of ether oxygens (including phenoxy) is 1. The lowest BCUT2D eigenvalue weighted by molar-refractivity contribution is 0.214. The molecule has 0 bridgehead atoms. The van der Waals surface area contributed by atoms with Crippen molar-refractivity contribution in [3.63, 3.8) is 0 Å². The number of aliphatic hydroxyl groups excluding tert-OH is 1. The fourth-order valence-corrected chi connectivity index (χ4v) is 1.99. The van der Waals surface area contributed by atoms with E-state index in [1.165, 1.54) is 12.4 Å². The Morgan fingerprint density at radius 3 is 2.85 bits per heavy atom. The molecule has 0 saturated carbocycles. The van der Waals surface area contributed by atoms with Crippen LogP contribution in [0, 0.1) is 0 Å². The van der Waals surface area contributed by atoms with Crippen molar-refractivity contribution in [3.8, 4) is 5.75 Å². The van der Waals surface area contributed by atoms with Crippen molar-refractivity contribution >= 4 is 11.6 Å². The summed E-state index contributed by atoms with van der Waals surface area (Å²) in [4.78, 5) is 7.99. The molecule has 0 radical (unpaired) electrons. The summed E-state index contributed by atoms with van der Waals surface area (Å²) < 4.78 is 5.62. The summed E-state index contributed by atoms with van der Waals surface area (Å²) in [5, 5.41) is 10.5. The van der Waals surface area contributed by atoms with E-state index in [9.17, 15) is 5.11 Å². The molecule has 0 aliphatic rings. The van der Waals surface area contributed by atoms with Crippen LogP contribution in [-0.4, -0.2) is 21.7 Å². The topological polar surface area (TPSA) is 55.2 Å². The minimum atomic E-state index is -0.911. The first-order valence-electron chi connectivity index (χ1n) is 6.59. The predicted octanol–water partition coefficient (Wildman–Crippen LogP) is 3.39. The van der Waals surface area contributed by atoms with E-state index in [2.05, 4.69) is 16.9 Å². The average Bonchev–Trinajstić information content (AvgIpc) is 2.48. The third-order valence-corrected chi connectivity index (χ3v) is 3.17. The number of hydrogen-bond acceptors (Lipinski definition) is 4. The van der Waals surface area contributed by atoms with Gasteiger partial charge in [-0.05, 0) is 24.1 Å². The van der Waals surface area contributed by atoms with Gasteiger partial charge in [-0.2, -0.15) is 0 Å². The van der Waals surface area contributed by atoms with Crippen LogP contribution in [0.4, 0.5) is 0 Å². The molecular weight excluding hydrogens is 276 g/mol. The summed E-state index contributed by atoms with van der Waals surface area (Å²) in [5.74, 6) is 0.731. The molecule has 2 rings (SSSR count). The molecule has 0 fully saturated rings. The molecule has 0 aliphatic carbocycles. The lowest BCUT2D eigenvalue weighted by Gasteiger charge is -2.13. The zero-order chi connectivity index (χ0) is 14.4. The zero-order valence-corrected chi connectivity index (χ0v) is 12.0. The molecule has 1 atom stereocenters. The number of unbranched alkanes of at least 4 members (excludes halogenated alkanes) is 1. The zero-order valence-electron chi connectivity index (χ0n) is 11.3. The Morgan fingerprint density at radius 1 is 1.30 bits per heavy atom. The molecule has 4 nitrogen and oxygen atoms in total. The highest BCUT2D eigenvalue weighted by molar-refractivity contribution is 6.30. The predicted molar refractivity (Wildman–Crippen MR) is 77.9 cm³/mol. The molecule has 1 heterocycles. The lowest BCUT2D eigenvalue weighted by atomic mass is 10.1. The Labute approximate surface area is 123 Å². The van der Waals surface area contributed by atoms with Crippen molar-refractivity contribution in [1.29, 1.82) is 0 Å². The smallest absolute Gasteiger partial charge is 0.153 e. The van der Waals surface area contributed by atoms with E-state index < -0.39 is 6.10 Å². The second kappa shape index (κ2) is 7.22. The first-order valence-corrected chi connectivity index (χ1v) is 6.97. The van der Waals surface area contributed by atoms with Gasteiger partial charge in [0.05, 0.1) is 6.61 Å². The molecule has 0 amide bonds. The fraction of sp³-hybridized carbons (Fsp3) is 0.333. The monoisotopic (exact) mass is 292 g/mol. The van der Waals surface area contributed by atoms with Gasteiger partial charge in [-0.15, -0.1) is 0 Å². The van der Waals surface area contributed by atoms with Crippen LogP contribution in [0.15, 0.2) is 36.7 Å². The highest BCUT2D eigenvalue weighted by Gasteiger charge is 2.16. The van der Waals surface area contributed by atoms with Crippen LogP contribution in [-0.2, 0) is 0 Å². The molecule has 0 spiro atoms. The van der Waals surface area contributed by atoms with Gasteiger partial charge in [-0.1, -0.05) is 37.1 Å². The highest BCUT2D eigenvalue weighted by atomic mass is 35.5. The number of aliphatic hydroxyl groups is 1. The molecule has 106 valence electrons. The van der Waals surface area contributed by atoms with Crippen LogP contribution >= 0.6 is 11.6 Å². The van der Waals surface area contributed by atoms with E-state index in [0.717, 1.165) is 18.6 Å². The van der Waals surface area contributed by atoms with Crippen LogP contribution in [0.25, 0.3) is 0 Å². The number of hydrogen-bond donors (Lipinski definition) is 1. The Hall–Kier alpha value is -1.65. The number of nitrogens with zero attached hydrogens (tertiary/aromatic N) is 2. The fourth-order valence-electron chi connectivity index (χ4n) is 1.78. The third-order valence-electron chi connectivity index (χ3n) is 2.88. The summed E-state index contributed by atoms with van der Waals surface area (Å²) in [6.07, 6.45) is 4.17. The average molecular weight is 293 g/mol. The molecule has 5 heteroatoms. The van der Waals surface area contributed by atoms with Crippen molar-refractivity contribution in [3.05, 3.63) is 53.1 Å². The molecule has 0 aliphatic heterocycles. The van der Waals surface area contributed by atoms with Gasteiger partial charge in [0.15, 0.2) is 5.15 Å². The van der Waals surface area contributed by atoms with Gasteiger partial charge in [0.2, 0.25) is 0 Å². The van der Waals surface area contributed by atoms with Gasteiger partial charge >= 0.3 is 0 Å². The van der Waals surface area contributed by atoms with E-state index in [1.54, 1.807) is 6.07 Å². The molecule has 1 N–H and O–H groups in total. The first-order chi connectivity index (χ1) is 9.72. The minimum Gasteiger partial charge on any atom is -0.494 e. The van der Waals surface area contributed by atoms with Gasteiger partial charge in [0.25, 0.3) is 0 Å². The van der Waals surface area contributed by atoms with Gasteiger partial charge < -0.3 is 9.84 Å². The molecule has 1 aromatic heterocycles. The Balaban J connectivity index is 2.16. The summed E-state index contributed by atoms with van der Waals surface area (Å²) in [6, 6.07) is 7.31. The second-order valence-electron chi connectivity index (χ2n) is 4.41. The van der Waals surface area contributed by atoms with Crippen LogP contribution in [0.1, 0.15) is 37.1 Å². The van der Waals surface area contributed by atoms with Gasteiger partial charge in [-0.25, -0.2) is 4.98 Å². The summed E-state index contributed by atoms with van der Waals surface area (Å²) in [7, 11) is 0. The van der Waals surface area contributed by atoms with Crippen LogP contribution in [0.2, 0.25) is 5.15 Å². The van der Waals surface area contributed by atoms with Crippen molar-refractivity contribution in [1.82, 2.24) is 9.97 Å². The van der Waals surface area contributed by atoms with E-state index in [0.29, 0.717) is 17.9 Å². The van der Waals surface area contributed by atoms with Crippen LogP contribution in [0.3, 0.4) is 0 Å². The molecule has 0 saturated heterocycles. The number of halogens is 1. The van der Waals surface area contributed by atoms with Crippen molar-refractivity contribution in [2.75, 3.05) is 6.61 Å². The summed E-state index contributed by atoms with van der Waals surface area (Å²) in [6.45, 7) is 2.78. The Morgan fingerprint density at radius 2 is 2.10 bits per heavy atom. The molecule has 1 unspecified atom stereocenters. The lowest BCUT2D eigenvalue weighted by Crippen LogP contribution is -2.05. The molecule has 20 heavy (non-hydrogen) atoms. The maximum Gasteiger partial charge on any atom is 0.153 e. The highest BCUT2D eigenvalue weighted by Crippen LogP contribution is 2.27. The van der Waals surface area contributed by atoms with Gasteiger partial charge in [0.1, 0.15) is 17.5 Å². The molecular formula is C15H17ClN2O2. The Kier molecular flexibility index (Phi) is 5.32. The van der Waals surface area contributed by atoms with Crippen LogP contribution in [0.5, 0.6) is 5.75 Å². The van der Waals surface area contributed by atoms with Gasteiger partial charge in [0, 0.05) is 12.4 Å². The largest absolute Gasteiger partial charge is 0.494 e. The normalized spacial score (nSPS) is 12.2. The SMILES string of the molecule is CCCCOc1cccc(C(O)c2nccnc2Cl)c1. The van der Waals surface area contributed by atoms with E-state index in [4.69, 9.17) is 16.3 Å². The Bertz CT molecular complexity index is 563. The van der Waals surface area contributed by atoms with Crippen molar-refractivity contribution in [2.24, 2.45) is 0 Å². The van der Waals surface area contributed by atoms with Crippen molar-refractivity contribution in [2.45, 2.75) is 25.9 Å². The van der Waals surface area contributed by atoms with E-state index in [-0.39, 0.29) is 5.15 Å². The number of aromatic nitrogens is 2. The van der Waals surface area contributed by atoms with E-state index >= 15 is 0 Å². The third kappa shape index (κ3) is 3.68. The van der Waals surface area contributed by atoms with Gasteiger partial charge in [-0.3, -0.25) is 4.98 Å². The van der Waals surface area contributed by atoms with Crippen molar-refractivity contribution < 1.29 is 9.84 Å². The quantitative estimate of drug-likeness (QED) is 0.829. The summed E-state index contributed by atoms with van der Waals surface area (Å²) in [5.41, 5.74) is 1.03. The first kappa shape index (κ1) is 14.8. The minimum absolute atomic E-state index is 0.206. The van der Waals surface area contributed by atoms with E-state index in [1.807, 2.05) is 18.2 Å². The second-order valence-corrected chi connectivity index (χ2v) is 4.77. The summed E-state index contributed by atoms with van der Waals surface area (Å²) >= 11 is 5.95. The standard InChI is InChI=1S/C15H17ClN2O2/c1-2-3-9-20-12-6-4-5-11(10-12)14(19)13-15(16)18-8-7-17-13/h4-8,10,14,19H,2-3,9H2,1H3. The number of benzene rings is 1. The number of rotatable bonds is 6. The van der Waals surface area contributed by atoms with Crippen LogP contribution < -0.4 is 4.74 Å². The maximum absolute atomic E-state index is 10.3. The molecule has 1 aromatic carbocycles.